The van der Waals surface area contributed by atoms with Crippen molar-refractivity contribution in [2.45, 2.75) is 32.4 Å². The van der Waals surface area contributed by atoms with Gasteiger partial charge in [-0.2, -0.15) is 0 Å². The van der Waals surface area contributed by atoms with Crippen LogP contribution in [0.5, 0.6) is 0 Å². The maximum absolute atomic E-state index is 12.6. The Kier molecular flexibility index (Phi) is 3.89. The number of carboxylic acids is 1. The van der Waals surface area contributed by atoms with Crippen molar-refractivity contribution in [3.8, 4) is 0 Å². The summed E-state index contributed by atoms with van der Waals surface area (Å²) in [6.45, 7) is 3.54. The van der Waals surface area contributed by atoms with Crippen LogP contribution < -0.4 is 0 Å². The van der Waals surface area contributed by atoms with Crippen LogP contribution in [-0.4, -0.2) is 46.0 Å². The summed E-state index contributed by atoms with van der Waals surface area (Å²) < 4.78 is 0. The molecule has 1 unspecified atom stereocenters. The summed E-state index contributed by atoms with van der Waals surface area (Å²) in [7, 11) is 0. The lowest BCUT2D eigenvalue weighted by molar-refractivity contribution is -0.144. The van der Waals surface area contributed by atoms with Gasteiger partial charge in [0.1, 0.15) is 0 Å². The maximum Gasteiger partial charge on any atom is 0.320 e. The van der Waals surface area contributed by atoms with E-state index in [4.69, 9.17) is 5.11 Å². The van der Waals surface area contributed by atoms with Gasteiger partial charge in [-0.1, -0.05) is 13.0 Å². The molecule has 0 spiro atoms. The number of carboxylic acid groups (broad SMARTS) is 1. The van der Waals surface area contributed by atoms with E-state index in [-0.39, 0.29) is 17.9 Å². The van der Waals surface area contributed by atoms with E-state index in [0.29, 0.717) is 25.7 Å². The second kappa shape index (κ2) is 5.67. The lowest BCUT2D eigenvalue weighted by Gasteiger charge is -2.43. The number of aliphatic carboxylic acids is 1. The zero-order chi connectivity index (χ0) is 15.0. The molecule has 1 aliphatic heterocycles. The molecular weight excluding hydrogens is 288 g/mol. The fourth-order valence-corrected chi connectivity index (χ4v) is 3.38. The van der Waals surface area contributed by atoms with E-state index in [0.717, 1.165) is 12.8 Å². The number of nitrogens with zero attached hydrogens (tertiary/aromatic N) is 2. The fraction of sp³-hybridized carbons (Fsp3) is 0.600. The van der Waals surface area contributed by atoms with Crippen LogP contribution in [0.2, 0.25) is 0 Å². The molecule has 1 N–H and O–H groups in total. The SMILES string of the molecule is CC(C(=O)O)C1CN(C(=O)N(Cc2cccs2)C2CC2)C1. The third kappa shape index (κ3) is 3.05. The molecule has 1 aromatic rings. The van der Waals surface area contributed by atoms with Crippen molar-refractivity contribution in [1.82, 2.24) is 9.80 Å². The molecule has 0 radical (unpaired) electrons. The van der Waals surface area contributed by atoms with Crippen LogP contribution in [0, 0.1) is 11.8 Å². The van der Waals surface area contributed by atoms with Gasteiger partial charge < -0.3 is 14.9 Å². The first-order valence-electron chi connectivity index (χ1n) is 7.37. The van der Waals surface area contributed by atoms with Crippen molar-refractivity contribution in [3.05, 3.63) is 22.4 Å². The van der Waals surface area contributed by atoms with Crippen molar-refractivity contribution in [2.24, 2.45) is 11.8 Å². The molecule has 1 atom stereocenters. The predicted molar refractivity (Wildman–Crippen MR) is 80.1 cm³/mol. The van der Waals surface area contributed by atoms with Crippen LogP contribution in [0.25, 0.3) is 0 Å². The largest absolute Gasteiger partial charge is 0.481 e. The lowest BCUT2D eigenvalue weighted by atomic mass is 9.87. The van der Waals surface area contributed by atoms with E-state index in [2.05, 4.69) is 6.07 Å². The number of carbonyl (C=O) groups excluding carboxylic acids is 1. The maximum atomic E-state index is 12.6. The second-order valence-electron chi connectivity index (χ2n) is 6.01. The third-order valence-electron chi connectivity index (χ3n) is 4.42. The molecule has 5 nitrogen and oxygen atoms in total. The first-order chi connectivity index (χ1) is 10.1. The highest BCUT2D eigenvalue weighted by molar-refractivity contribution is 7.09. The number of amides is 2. The van der Waals surface area contributed by atoms with Crippen LogP contribution in [-0.2, 0) is 11.3 Å². The summed E-state index contributed by atoms with van der Waals surface area (Å²) >= 11 is 1.67. The van der Waals surface area contributed by atoms with Gasteiger partial charge in [0, 0.05) is 29.9 Å². The molecule has 0 bridgehead atoms. The van der Waals surface area contributed by atoms with Crippen LogP contribution >= 0.6 is 11.3 Å². The number of rotatable bonds is 5. The van der Waals surface area contributed by atoms with E-state index in [1.807, 2.05) is 16.3 Å². The summed E-state index contributed by atoms with van der Waals surface area (Å²) in [5.74, 6) is -1.06. The van der Waals surface area contributed by atoms with Gasteiger partial charge >= 0.3 is 12.0 Å². The van der Waals surface area contributed by atoms with Crippen molar-refractivity contribution in [2.75, 3.05) is 13.1 Å². The second-order valence-corrected chi connectivity index (χ2v) is 7.05. The highest BCUT2D eigenvalue weighted by atomic mass is 32.1. The minimum absolute atomic E-state index is 0.0692. The minimum atomic E-state index is -0.773. The molecule has 114 valence electrons. The summed E-state index contributed by atoms with van der Waals surface area (Å²) in [5.41, 5.74) is 0. The van der Waals surface area contributed by atoms with Gasteiger partial charge in [0.2, 0.25) is 0 Å². The Balaban J connectivity index is 1.57. The van der Waals surface area contributed by atoms with Crippen LogP contribution in [0.3, 0.4) is 0 Å². The Hall–Kier alpha value is -1.56. The van der Waals surface area contributed by atoms with Gasteiger partial charge in [0.05, 0.1) is 12.5 Å². The molecule has 2 amide bonds. The van der Waals surface area contributed by atoms with E-state index in [1.54, 1.807) is 23.2 Å². The summed E-state index contributed by atoms with van der Waals surface area (Å²) in [6.07, 6.45) is 2.17. The number of carbonyl (C=O) groups is 2. The molecular formula is C15H20N2O3S. The Labute approximate surface area is 128 Å². The first-order valence-corrected chi connectivity index (χ1v) is 8.25. The Morgan fingerprint density at radius 3 is 2.71 bits per heavy atom. The van der Waals surface area contributed by atoms with Crippen molar-refractivity contribution < 1.29 is 14.7 Å². The summed E-state index contributed by atoms with van der Waals surface area (Å²) in [5, 5.41) is 11.0. The van der Waals surface area contributed by atoms with Gasteiger partial charge in [0.25, 0.3) is 0 Å². The van der Waals surface area contributed by atoms with Gasteiger partial charge in [-0.05, 0) is 24.3 Å². The Morgan fingerprint density at radius 2 is 2.19 bits per heavy atom. The highest BCUT2D eigenvalue weighted by Gasteiger charge is 2.42. The molecule has 1 saturated carbocycles. The number of likely N-dealkylation sites (tertiary alicyclic amines) is 1. The van der Waals surface area contributed by atoms with Gasteiger partial charge in [-0.15, -0.1) is 11.3 Å². The fourth-order valence-electron chi connectivity index (χ4n) is 2.68. The molecule has 6 heteroatoms. The van der Waals surface area contributed by atoms with E-state index in [1.165, 1.54) is 4.88 Å². The zero-order valence-electron chi connectivity index (χ0n) is 12.1. The average Bonchev–Trinajstić information content (AvgIpc) is 3.10. The van der Waals surface area contributed by atoms with Crippen LogP contribution in [0.15, 0.2) is 17.5 Å². The highest BCUT2D eigenvalue weighted by Crippen LogP contribution is 2.32. The molecule has 2 fully saturated rings. The summed E-state index contributed by atoms with van der Waals surface area (Å²) in [4.78, 5) is 28.5. The number of hydrogen-bond acceptors (Lipinski definition) is 3. The summed E-state index contributed by atoms with van der Waals surface area (Å²) in [6, 6.07) is 4.50. The Bertz CT molecular complexity index is 521. The quantitative estimate of drug-likeness (QED) is 0.909. The molecule has 1 aromatic heterocycles. The topological polar surface area (TPSA) is 60.9 Å². The molecule has 2 aliphatic rings. The number of hydrogen-bond donors (Lipinski definition) is 1. The third-order valence-corrected chi connectivity index (χ3v) is 5.28. The lowest BCUT2D eigenvalue weighted by Crippen LogP contribution is -2.57. The van der Waals surface area contributed by atoms with E-state index in [9.17, 15) is 9.59 Å². The molecule has 2 heterocycles. The minimum Gasteiger partial charge on any atom is -0.481 e. The van der Waals surface area contributed by atoms with Crippen molar-refractivity contribution in [3.63, 3.8) is 0 Å². The van der Waals surface area contributed by atoms with E-state index < -0.39 is 5.97 Å². The monoisotopic (exact) mass is 308 g/mol. The predicted octanol–water partition coefficient (Wildman–Crippen LogP) is 2.49. The molecule has 3 rings (SSSR count). The first kappa shape index (κ1) is 14.4. The zero-order valence-corrected chi connectivity index (χ0v) is 12.9. The number of thiophene rings is 1. The van der Waals surface area contributed by atoms with Crippen LogP contribution in [0.4, 0.5) is 4.79 Å². The molecule has 1 aliphatic carbocycles. The van der Waals surface area contributed by atoms with E-state index >= 15 is 0 Å². The van der Waals surface area contributed by atoms with Crippen molar-refractivity contribution >= 4 is 23.3 Å². The Morgan fingerprint density at radius 1 is 1.48 bits per heavy atom. The van der Waals surface area contributed by atoms with Gasteiger partial charge in [-0.3, -0.25) is 4.79 Å². The smallest absolute Gasteiger partial charge is 0.320 e. The number of urea groups is 1. The normalized spacial score (nSPS) is 20.0. The molecule has 1 saturated heterocycles. The molecule has 0 aromatic carbocycles. The van der Waals surface area contributed by atoms with Gasteiger partial charge in [0.15, 0.2) is 0 Å². The van der Waals surface area contributed by atoms with Crippen LogP contribution in [0.1, 0.15) is 24.6 Å². The average molecular weight is 308 g/mol. The van der Waals surface area contributed by atoms with Gasteiger partial charge in [-0.25, -0.2) is 4.79 Å². The molecule has 21 heavy (non-hydrogen) atoms. The standard InChI is InChI=1S/C15H20N2O3S/c1-10(14(18)19)11-7-16(8-11)15(20)17(12-4-5-12)9-13-3-2-6-21-13/h2-3,6,10-12H,4-5,7-9H2,1H3,(H,18,19). The van der Waals surface area contributed by atoms with Crippen molar-refractivity contribution in [1.29, 1.82) is 0 Å².